The number of alkyl halides is 3. The lowest BCUT2D eigenvalue weighted by Crippen LogP contribution is -2.50. The first-order valence-corrected chi connectivity index (χ1v) is 16.8. The molecule has 1 aromatic carbocycles. The molecule has 46 heavy (non-hydrogen) atoms. The van der Waals surface area contributed by atoms with Crippen molar-refractivity contribution in [1.29, 1.82) is 5.26 Å². The molecule has 1 saturated heterocycles. The molecule has 1 saturated carbocycles. The van der Waals surface area contributed by atoms with Gasteiger partial charge in [-0.3, -0.25) is 10.00 Å². The molecule has 7 rings (SSSR count). The summed E-state index contributed by atoms with van der Waals surface area (Å²) in [6, 6.07) is 10.3. The van der Waals surface area contributed by atoms with E-state index in [1.165, 1.54) is 43.1 Å². The van der Waals surface area contributed by atoms with Gasteiger partial charge in [0.1, 0.15) is 28.7 Å². The third-order valence-electron chi connectivity index (χ3n) is 9.98. The summed E-state index contributed by atoms with van der Waals surface area (Å²) in [6.07, 6.45) is 7.76. The van der Waals surface area contributed by atoms with Gasteiger partial charge in [-0.25, -0.2) is 9.97 Å². The molecule has 0 radical (unpaired) electrons. The number of aromatic nitrogens is 5. The fraction of sp³-hybridized carbons (Fsp3) is 0.471. The van der Waals surface area contributed by atoms with E-state index in [2.05, 4.69) is 55.5 Å². The van der Waals surface area contributed by atoms with E-state index in [-0.39, 0.29) is 10.4 Å². The molecule has 1 aliphatic heterocycles. The summed E-state index contributed by atoms with van der Waals surface area (Å²) in [7, 11) is 0. The predicted molar refractivity (Wildman–Crippen MR) is 174 cm³/mol. The van der Waals surface area contributed by atoms with Gasteiger partial charge in [-0.05, 0) is 61.4 Å². The minimum atomic E-state index is -4.26. The zero-order chi connectivity index (χ0) is 31.9. The average Bonchev–Trinajstić information content (AvgIpc) is 3.84. The molecule has 8 nitrogen and oxygen atoms in total. The number of halogens is 3. The Bertz CT molecular complexity index is 1870. The zero-order valence-electron chi connectivity index (χ0n) is 25.8. The zero-order valence-corrected chi connectivity index (χ0v) is 26.6. The van der Waals surface area contributed by atoms with Crippen LogP contribution >= 0.6 is 11.3 Å². The van der Waals surface area contributed by atoms with E-state index in [4.69, 9.17) is 0 Å². The molecule has 2 aliphatic rings. The number of aryl methyl sites for hydroxylation is 1. The van der Waals surface area contributed by atoms with Crippen molar-refractivity contribution in [3.63, 3.8) is 0 Å². The van der Waals surface area contributed by atoms with Crippen molar-refractivity contribution in [3.05, 3.63) is 70.2 Å². The molecule has 5 heterocycles. The lowest BCUT2D eigenvalue weighted by molar-refractivity contribution is -0.126. The van der Waals surface area contributed by atoms with Gasteiger partial charge in [-0.2, -0.15) is 23.5 Å². The number of hydrogen-bond acceptors (Lipinski definition) is 7. The van der Waals surface area contributed by atoms with Gasteiger partial charge in [-0.1, -0.05) is 31.7 Å². The van der Waals surface area contributed by atoms with Crippen LogP contribution in [0.25, 0.3) is 21.1 Å². The Morgan fingerprint density at radius 1 is 1.11 bits per heavy atom. The highest BCUT2D eigenvalue weighted by Crippen LogP contribution is 2.41. The smallest absolute Gasteiger partial charge is 0.364 e. The van der Waals surface area contributed by atoms with Crippen molar-refractivity contribution >= 4 is 38.3 Å². The number of nitriles is 1. The van der Waals surface area contributed by atoms with Gasteiger partial charge in [0, 0.05) is 52.7 Å². The van der Waals surface area contributed by atoms with Crippen LogP contribution in [0.2, 0.25) is 0 Å². The van der Waals surface area contributed by atoms with Gasteiger partial charge in [0.05, 0.1) is 24.5 Å². The number of likely N-dealkylation sites (tertiary alicyclic amines) is 1. The van der Waals surface area contributed by atoms with Crippen molar-refractivity contribution in [2.75, 3.05) is 18.4 Å². The molecular formula is C34H37F3N8S. The number of thiophene rings is 1. The van der Waals surface area contributed by atoms with E-state index in [0.717, 1.165) is 66.7 Å². The van der Waals surface area contributed by atoms with Crippen LogP contribution in [0.3, 0.4) is 0 Å². The van der Waals surface area contributed by atoms with Crippen LogP contribution in [-0.2, 0) is 19.5 Å². The van der Waals surface area contributed by atoms with Crippen LogP contribution < -0.4 is 5.32 Å². The quantitative estimate of drug-likeness (QED) is 0.170. The molecule has 0 bridgehead atoms. The van der Waals surface area contributed by atoms with Crippen LogP contribution in [0.5, 0.6) is 0 Å². The molecular weight excluding hydrogens is 609 g/mol. The topological polar surface area (TPSA) is 98.5 Å². The van der Waals surface area contributed by atoms with E-state index in [9.17, 15) is 18.4 Å². The number of nitrogens with zero attached hydrogens (tertiary/aromatic N) is 6. The largest absolute Gasteiger partial charge is 0.393 e. The molecule has 0 spiro atoms. The fourth-order valence-electron chi connectivity index (χ4n) is 7.57. The summed E-state index contributed by atoms with van der Waals surface area (Å²) >= 11 is 1.10. The Balaban J connectivity index is 1.10. The van der Waals surface area contributed by atoms with Crippen LogP contribution in [0, 0.1) is 24.2 Å². The Labute approximate surface area is 269 Å². The lowest BCUT2D eigenvalue weighted by atomic mass is 9.78. The van der Waals surface area contributed by atoms with Crippen LogP contribution in [0.15, 0.2) is 43.0 Å². The molecule has 240 valence electrons. The number of hydrogen-bond donors (Lipinski definition) is 2. The van der Waals surface area contributed by atoms with E-state index in [1.807, 2.05) is 16.8 Å². The van der Waals surface area contributed by atoms with Gasteiger partial charge in [-0.15, -0.1) is 11.3 Å². The van der Waals surface area contributed by atoms with E-state index in [0.29, 0.717) is 34.2 Å². The number of benzene rings is 1. The standard InChI is InChI=1S/C34H37F3N8S/c1-22-25(6-7-30-28(22)12-26(16-38)45(30)19-24-17-41-42-18-24)20-44-10-8-33(9-11-44,14-23-4-2-3-5-23)43-31-29-13-27(15-34(35,36)37)46-32(29)40-21-39-31/h6-7,12-13,17-18,21,23H,2-5,8-11,14-15,19-20H2,1H3,(H,41,42)(H,39,40,43). The maximum Gasteiger partial charge on any atom is 0.393 e. The molecule has 12 heteroatoms. The fourth-order valence-corrected chi connectivity index (χ4v) is 8.60. The van der Waals surface area contributed by atoms with Crippen molar-refractivity contribution in [2.45, 2.75) is 83.1 Å². The maximum atomic E-state index is 13.2. The molecule has 4 aromatic heterocycles. The summed E-state index contributed by atoms with van der Waals surface area (Å²) in [6.45, 7) is 5.35. The van der Waals surface area contributed by atoms with Crippen molar-refractivity contribution in [2.24, 2.45) is 5.92 Å². The number of nitrogens with one attached hydrogen (secondary N) is 2. The van der Waals surface area contributed by atoms with Crippen LogP contribution in [-0.4, -0.2) is 54.4 Å². The molecule has 2 fully saturated rings. The number of aromatic amines is 1. The summed E-state index contributed by atoms with van der Waals surface area (Å²) in [5.41, 5.74) is 4.96. The Hall–Kier alpha value is -3.95. The first kappa shape index (κ1) is 30.7. The minimum Gasteiger partial charge on any atom is -0.364 e. The Morgan fingerprint density at radius 2 is 1.91 bits per heavy atom. The third kappa shape index (κ3) is 6.35. The van der Waals surface area contributed by atoms with E-state index < -0.39 is 12.6 Å². The second-order valence-corrected chi connectivity index (χ2v) is 14.2. The molecule has 2 N–H and O–H groups in total. The van der Waals surface area contributed by atoms with Crippen LogP contribution in [0.4, 0.5) is 19.0 Å². The minimum absolute atomic E-state index is 0.177. The first-order valence-electron chi connectivity index (χ1n) is 16.0. The van der Waals surface area contributed by atoms with Crippen molar-refractivity contribution in [3.8, 4) is 6.07 Å². The van der Waals surface area contributed by atoms with Gasteiger partial charge >= 0.3 is 6.18 Å². The van der Waals surface area contributed by atoms with E-state index in [1.54, 1.807) is 12.3 Å². The average molecular weight is 647 g/mol. The van der Waals surface area contributed by atoms with Gasteiger partial charge in [0.15, 0.2) is 0 Å². The second-order valence-electron chi connectivity index (χ2n) is 13.1. The van der Waals surface area contributed by atoms with Gasteiger partial charge in [0.2, 0.25) is 0 Å². The molecule has 5 aromatic rings. The van der Waals surface area contributed by atoms with Crippen LogP contribution in [0.1, 0.15) is 72.2 Å². The van der Waals surface area contributed by atoms with Crippen molar-refractivity contribution in [1.82, 2.24) is 29.6 Å². The normalized spacial score (nSPS) is 17.6. The molecule has 0 unspecified atom stereocenters. The molecule has 1 aliphatic carbocycles. The summed E-state index contributed by atoms with van der Waals surface area (Å²) in [4.78, 5) is 12.2. The predicted octanol–water partition coefficient (Wildman–Crippen LogP) is 7.73. The first-order chi connectivity index (χ1) is 22.2. The second kappa shape index (κ2) is 12.3. The van der Waals surface area contributed by atoms with Gasteiger partial charge in [0.25, 0.3) is 0 Å². The number of anilines is 1. The highest BCUT2D eigenvalue weighted by atomic mass is 32.1. The number of rotatable bonds is 9. The number of H-pyrrole nitrogens is 1. The van der Waals surface area contributed by atoms with Crippen molar-refractivity contribution < 1.29 is 13.2 Å². The summed E-state index contributed by atoms with van der Waals surface area (Å²) < 4.78 is 41.5. The Morgan fingerprint density at radius 3 is 2.63 bits per heavy atom. The summed E-state index contributed by atoms with van der Waals surface area (Å²) in [5, 5.41) is 22.3. The number of piperidine rings is 1. The maximum absolute atomic E-state index is 13.2. The van der Waals surface area contributed by atoms with E-state index >= 15 is 0 Å². The SMILES string of the molecule is Cc1c(CN2CCC(CC3CCCC3)(Nc3ncnc4sc(CC(F)(F)F)cc34)CC2)ccc2c1cc(C#N)n2Cc1cn[nH]c1. The highest BCUT2D eigenvalue weighted by molar-refractivity contribution is 7.18. The third-order valence-corrected chi connectivity index (χ3v) is 11.0. The van der Waals surface area contributed by atoms with Gasteiger partial charge < -0.3 is 9.88 Å². The lowest BCUT2D eigenvalue weighted by Gasteiger charge is -2.44. The number of fused-ring (bicyclic) bond motifs is 2. The molecule has 0 amide bonds. The summed E-state index contributed by atoms with van der Waals surface area (Å²) in [5.74, 6) is 1.29. The monoisotopic (exact) mass is 646 g/mol. The highest BCUT2D eigenvalue weighted by Gasteiger charge is 2.38. The Kier molecular flexibility index (Phi) is 8.23. The molecule has 0 atom stereocenters.